The summed E-state index contributed by atoms with van der Waals surface area (Å²) in [5, 5.41) is 17.1. The molecule has 0 rings (SSSR count). The van der Waals surface area contributed by atoms with Crippen LogP contribution in [-0.4, -0.2) is 55.0 Å². The predicted octanol–water partition coefficient (Wildman–Crippen LogP) is -1.30. The van der Waals surface area contributed by atoms with Crippen molar-refractivity contribution in [2.45, 2.75) is 18.9 Å². The zero-order valence-corrected chi connectivity index (χ0v) is 9.69. The highest BCUT2D eigenvalue weighted by molar-refractivity contribution is 7.87. The molecule has 0 aromatic carbocycles. The van der Waals surface area contributed by atoms with E-state index >= 15 is 0 Å². The molecular weight excluding hydrogens is 240 g/mol. The van der Waals surface area contributed by atoms with Gasteiger partial charge < -0.3 is 10.2 Å². The van der Waals surface area contributed by atoms with E-state index in [1.807, 2.05) is 4.72 Å². The lowest BCUT2D eigenvalue weighted by atomic mass is 10.2. The Labute approximate surface area is 93.0 Å². The van der Waals surface area contributed by atoms with E-state index in [0.717, 1.165) is 4.31 Å². The molecule has 0 aliphatic carbocycles. The molecule has 8 nitrogen and oxygen atoms in total. The van der Waals surface area contributed by atoms with Gasteiger partial charge in [-0.25, -0.2) is 0 Å². The molecule has 0 heterocycles. The van der Waals surface area contributed by atoms with Gasteiger partial charge in [0, 0.05) is 20.5 Å². The lowest BCUT2D eigenvalue weighted by Gasteiger charge is -2.17. The van der Waals surface area contributed by atoms with Gasteiger partial charge in [0.25, 0.3) is 10.2 Å². The second-order valence-corrected chi connectivity index (χ2v) is 5.14. The summed E-state index contributed by atoms with van der Waals surface area (Å²) < 4.78 is 25.3. The Morgan fingerprint density at radius 2 is 1.81 bits per heavy atom. The maximum atomic E-state index is 11.3. The quantitative estimate of drug-likeness (QED) is 0.518. The minimum Gasteiger partial charge on any atom is -0.481 e. The van der Waals surface area contributed by atoms with Gasteiger partial charge in [0.05, 0.1) is 0 Å². The van der Waals surface area contributed by atoms with Crippen LogP contribution in [-0.2, 0) is 19.8 Å². The smallest absolute Gasteiger partial charge is 0.321 e. The molecule has 0 aliphatic heterocycles. The van der Waals surface area contributed by atoms with Crippen LogP contribution in [0.4, 0.5) is 0 Å². The molecule has 0 saturated heterocycles. The van der Waals surface area contributed by atoms with Gasteiger partial charge in [0.2, 0.25) is 0 Å². The summed E-state index contributed by atoms with van der Waals surface area (Å²) in [6.45, 7) is 0. The molecule has 9 heteroatoms. The third-order valence-electron chi connectivity index (χ3n) is 1.72. The molecule has 94 valence electrons. The van der Waals surface area contributed by atoms with Crippen LogP contribution in [0.25, 0.3) is 0 Å². The fourth-order valence-electron chi connectivity index (χ4n) is 0.786. The van der Waals surface area contributed by atoms with Crippen LogP contribution in [0.15, 0.2) is 0 Å². The Morgan fingerprint density at radius 1 is 1.31 bits per heavy atom. The largest absolute Gasteiger partial charge is 0.481 e. The van der Waals surface area contributed by atoms with E-state index in [2.05, 4.69) is 0 Å². The van der Waals surface area contributed by atoms with Gasteiger partial charge in [-0.2, -0.15) is 17.4 Å². The third kappa shape index (κ3) is 5.05. The summed E-state index contributed by atoms with van der Waals surface area (Å²) in [6, 6.07) is -1.44. The van der Waals surface area contributed by atoms with Crippen molar-refractivity contribution in [1.29, 1.82) is 0 Å². The zero-order valence-electron chi connectivity index (χ0n) is 8.87. The van der Waals surface area contributed by atoms with Crippen LogP contribution >= 0.6 is 0 Å². The number of rotatable bonds is 7. The number of aliphatic carboxylic acids is 2. The molecule has 16 heavy (non-hydrogen) atoms. The average molecular weight is 254 g/mol. The monoisotopic (exact) mass is 254 g/mol. The molecule has 0 aliphatic rings. The van der Waals surface area contributed by atoms with Crippen LogP contribution in [0, 0.1) is 0 Å². The predicted molar refractivity (Wildman–Crippen MR) is 54.0 cm³/mol. The summed E-state index contributed by atoms with van der Waals surface area (Å²) in [5.41, 5.74) is 0. The lowest BCUT2D eigenvalue weighted by molar-refractivity contribution is -0.140. The molecular formula is C7H14N2O6S. The van der Waals surface area contributed by atoms with E-state index in [4.69, 9.17) is 10.2 Å². The summed E-state index contributed by atoms with van der Waals surface area (Å²) in [7, 11) is -1.41. The lowest BCUT2D eigenvalue weighted by Crippen LogP contribution is -2.46. The summed E-state index contributed by atoms with van der Waals surface area (Å²) in [4.78, 5) is 20.9. The number of carboxylic acids is 2. The van der Waals surface area contributed by atoms with E-state index in [1.165, 1.54) is 14.1 Å². The molecule has 3 N–H and O–H groups in total. The molecule has 0 bridgehead atoms. The van der Waals surface area contributed by atoms with Gasteiger partial charge in [0.15, 0.2) is 0 Å². The highest BCUT2D eigenvalue weighted by Crippen LogP contribution is 2.01. The van der Waals surface area contributed by atoms with E-state index < -0.39 is 34.6 Å². The Kier molecular flexibility index (Phi) is 5.35. The van der Waals surface area contributed by atoms with E-state index in [1.54, 1.807) is 0 Å². The number of carbonyl (C=O) groups is 2. The van der Waals surface area contributed by atoms with Crippen LogP contribution in [0.2, 0.25) is 0 Å². The molecule has 0 spiro atoms. The first-order valence-corrected chi connectivity index (χ1v) is 5.75. The molecule has 0 aromatic heterocycles. The van der Waals surface area contributed by atoms with Gasteiger partial charge >= 0.3 is 11.9 Å². The third-order valence-corrected chi connectivity index (χ3v) is 3.26. The molecule has 0 fully saturated rings. The number of hydrogen-bond acceptors (Lipinski definition) is 4. The number of carboxylic acid groups (broad SMARTS) is 2. The second-order valence-electron chi connectivity index (χ2n) is 3.23. The van der Waals surface area contributed by atoms with Crippen LogP contribution in [0.5, 0.6) is 0 Å². The van der Waals surface area contributed by atoms with Crippen LogP contribution in [0.1, 0.15) is 12.8 Å². The second kappa shape index (κ2) is 5.77. The van der Waals surface area contributed by atoms with E-state index in [0.29, 0.717) is 0 Å². The van der Waals surface area contributed by atoms with E-state index in [9.17, 15) is 18.0 Å². The topological polar surface area (TPSA) is 124 Å². The number of hydrogen-bond donors (Lipinski definition) is 3. The molecule has 1 atom stereocenters. The maximum Gasteiger partial charge on any atom is 0.321 e. The van der Waals surface area contributed by atoms with Crippen molar-refractivity contribution in [2.24, 2.45) is 0 Å². The summed E-state index contributed by atoms with van der Waals surface area (Å²) in [5.74, 6) is -2.60. The normalized spacial score (nSPS) is 13.7. The van der Waals surface area contributed by atoms with E-state index in [-0.39, 0.29) is 6.42 Å². The minimum absolute atomic E-state index is 0.308. The summed E-state index contributed by atoms with van der Waals surface area (Å²) >= 11 is 0. The van der Waals surface area contributed by atoms with Crippen molar-refractivity contribution in [3.63, 3.8) is 0 Å². The number of nitrogens with zero attached hydrogens (tertiary/aromatic N) is 1. The molecule has 0 radical (unpaired) electrons. The van der Waals surface area contributed by atoms with Gasteiger partial charge in [-0.1, -0.05) is 0 Å². The van der Waals surface area contributed by atoms with Gasteiger partial charge in [-0.15, -0.1) is 0 Å². The van der Waals surface area contributed by atoms with Crippen molar-refractivity contribution < 1.29 is 28.2 Å². The van der Waals surface area contributed by atoms with Crippen LogP contribution < -0.4 is 4.72 Å². The minimum atomic E-state index is -3.88. The summed E-state index contributed by atoms with van der Waals surface area (Å²) in [6.07, 6.45) is -0.731. The Morgan fingerprint density at radius 3 is 2.12 bits per heavy atom. The molecule has 1 unspecified atom stereocenters. The van der Waals surface area contributed by atoms with Crippen molar-refractivity contribution >= 4 is 22.1 Å². The van der Waals surface area contributed by atoms with Gasteiger partial charge in [-0.3, -0.25) is 9.59 Å². The first-order valence-electron chi connectivity index (χ1n) is 4.31. The molecule has 0 aromatic rings. The average Bonchev–Trinajstić information content (AvgIpc) is 2.11. The van der Waals surface area contributed by atoms with Gasteiger partial charge in [-0.05, 0) is 6.42 Å². The Hall–Kier alpha value is -1.19. The first kappa shape index (κ1) is 14.8. The first-order chi connectivity index (χ1) is 7.16. The highest BCUT2D eigenvalue weighted by Gasteiger charge is 2.25. The van der Waals surface area contributed by atoms with Gasteiger partial charge in [0.1, 0.15) is 6.04 Å². The zero-order chi connectivity index (χ0) is 12.9. The van der Waals surface area contributed by atoms with Crippen molar-refractivity contribution in [3.05, 3.63) is 0 Å². The van der Waals surface area contributed by atoms with Crippen molar-refractivity contribution in [1.82, 2.24) is 9.03 Å². The Bertz CT molecular complexity index is 363. The van der Waals surface area contributed by atoms with Crippen molar-refractivity contribution in [3.8, 4) is 0 Å². The fraction of sp³-hybridized carbons (Fsp3) is 0.714. The SMILES string of the molecule is CN(C)S(=O)(=O)NC(CCC(=O)O)C(=O)O. The Balaban J connectivity index is 4.58. The maximum absolute atomic E-state index is 11.3. The van der Waals surface area contributed by atoms with Crippen molar-refractivity contribution in [2.75, 3.05) is 14.1 Å². The fourth-order valence-corrected chi connectivity index (χ4v) is 1.57. The molecule has 0 amide bonds. The van der Waals surface area contributed by atoms with Crippen LogP contribution in [0.3, 0.4) is 0 Å². The molecule has 0 saturated carbocycles. The standard InChI is InChI=1S/C7H14N2O6S/c1-9(2)16(14,15)8-5(7(12)13)3-4-6(10)11/h5,8H,3-4H2,1-2H3,(H,10,11)(H,12,13). The number of nitrogens with one attached hydrogen (secondary N) is 1. The highest BCUT2D eigenvalue weighted by atomic mass is 32.2.